The summed E-state index contributed by atoms with van der Waals surface area (Å²) in [4.78, 5) is 9.15. The van der Waals surface area contributed by atoms with Crippen LogP contribution in [0.3, 0.4) is 0 Å². The molecule has 3 aromatic rings. The molecule has 1 aromatic carbocycles. The lowest BCUT2D eigenvalue weighted by molar-refractivity contribution is 0.688. The molecule has 0 fully saturated rings. The van der Waals surface area contributed by atoms with E-state index in [1.54, 1.807) is 36.0 Å². The Morgan fingerprint density at radius 2 is 1.75 bits per heavy atom. The minimum Gasteiger partial charge on any atom is -0.265 e. The van der Waals surface area contributed by atoms with Crippen molar-refractivity contribution in [1.82, 2.24) is 9.97 Å². The van der Waals surface area contributed by atoms with Crippen molar-refractivity contribution in [3.8, 4) is 0 Å². The van der Waals surface area contributed by atoms with Gasteiger partial charge in [0.05, 0.1) is 22.0 Å². The number of fused-ring (bicyclic) bond motifs is 1. The first-order chi connectivity index (χ1) is 9.83. The van der Waals surface area contributed by atoms with E-state index in [0.29, 0.717) is 0 Å². The van der Waals surface area contributed by atoms with Crippen LogP contribution in [0.5, 0.6) is 0 Å². The van der Waals surface area contributed by atoms with Crippen LogP contribution in [-0.2, 0) is 10.8 Å². The molecular weight excluding hydrogens is 268 g/mol. The van der Waals surface area contributed by atoms with Gasteiger partial charge in [-0.1, -0.05) is 24.3 Å². The Labute approximate surface area is 119 Å². The van der Waals surface area contributed by atoms with E-state index in [1.807, 2.05) is 36.4 Å². The third kappa shape index (κ3) is 2.81. The van der Waals surface area contributed by atoms with Crippen LogP contribution in [0, 0.1) is 0 Å². The molecule has 2 heterocycles. The minimum absolute atomic E-state index is 0.733. The quantitative estimate of drug-likeness (QED) is 0.738. The van der Waals surface area contributed by atoms with Gasteiger partial charge in [0.25, 0.3) is 0 Å². The molecule has 3 rings (SSSR count). The van der Waals surface area contributed by atoms with Gasteiger partial charge in [-0.3, -0.25) is 4.98 Å². The predicted octanol–water partition coefficient (Wildman–Crippen LogP) is 3.41. The van der Waals surface area contributed by atoms with Crippen LogP contribution >= 0.6 is 0 Å². The zero-order valence-corrected chi connectivity index (χ0v) is 11.5. The number of rotatable bonds is 3. The Hall–Kier alpha value is -2.33. The van der Waals surface area contributed by atoms with Gasteiger partial charge in [-0.15, -0.1) is 0 Å². The molecule has 98 valence electrons. The number of pyridine rings is 2. The molecule has 0 saturated carbocycles. The van der Waals surface area contributed by atoms with E-state index in [4.69, 9.17) is 0 Å². The minimum atomic E-state index is -1.18. The standard InChI is InChI=1S/C16H12N2OS/c19-20(15-7-10-17-11-8-15)12-9-14-6-5-13-3-1-2-4-16(13)18-14/h1-12H/b12-9-. The van der Waals surface area contributed by atoms with Crippen LogP contribution in [-0.4, -0.2) is 14.2 Å². The molecule has 4 heteroatoms. The van der Waals surface area contributed by atoms with Gasteiger partial charge in [0, 0.05) is 28.1 Å². The van der Waals surface area contributed by atoms with Crippen LogP contribution in [0.2, 0.25) is 0 Å². The van der Waals surface area contributed by atoms with Gasteiger partial charge in [0.1, 0.15) is 0 Å². The molecule has 0 saturated heterocycles. The Kier molecular flexibility index (Phi) is 3.65. The Bertz CT molecular complexity index is 785. The number of aromatic nitrogens is 2. The first-order valence-corrected chi connectivity index (χ1v) is 7.39. The fourth-order valence-electron chi connectivity index (χ4n) is 1.86. The third-order valence-electron chi connectivity index (χ3n) is 2.86. The fraction of sp³-hybridized carbons (Fsp3) is 0. The number of hydrogen-bond donors (Lipinski definition) is 0. The zero-order chi connectivity index (χ0) is 13.8. The van der Waals surface area contributed by atoms with Gasteiger partial charge >= 0.3 is 0 Å². The maximum absolute atomic E-state index is 12.1. The van der Waals surface area contributed by atoms with Crippen LogP contribution < -0.4 is 0 Å². The topological polar surface area (TPSA) is 42.9 Å². The lowest BCUT2D eigenvalue weighted by Gasteiger charge is -1.98. The van der Waals surface area contributed by atoms with Crippen molar-refractivity contribution in [2.24, 2.45) is 0 Å². The lowest BCUT2D eigenvalue weighted by atomic mass is 10.2. The highest BCUT2D eigenvalue weighted by atomic mass is 32.2. The molecule has 20 heavy (non-hydrogen) atoms. The number of hydrogen-bond acceptors (Lipinski definition) is 3. The summed E-state index contributed by atoms with van der Waals surface area (Å²) in [5.41, 5.74) is 1.73. The molecule has 1 atom stereocenters. The van der Waals surface area contributed by atoms with Crippen molar-refractivity contribution in [1.29, 1.82) is 0 Å². The van der Waals surface area contributed by atoms with Crippen molar-refractivity contribution in [2.75, 3.05) is 0 Å². The first kappa shape index (κ1) is 12.7. The van der Waals surface area contributed by atoms with Gasteiger partial charge < -0.3 is 0 Å². The SMILES string of the molecule is O=S(/C=C\c1ccc2ccccc2n1)c1ccncc1. The smallest absolute Gasteiger partial charge is 0.0777 e. The fourth-order valence-corrected chi connectivity index (χ4v) is 2.67. The third-order valence-corrected chi connectivity index (χ3v) is 3.98. The van der Waals surface area contributed by atoms with E-state index in [9.17, 15) is 4.21 Å². The molecule has 0 aliphatic carbocycles. The number of para-hydroxylation sites is 1. The second kappa shape index (κ2) is 5.75. The van der Waals surface area contributed by atoms with Crippen molar-refractivity contribution in [3.63, 3.8) is 0 Å². The molecule has 0 aliphatic rings. The van der Waals surface area contributed by atoms with E-state index in [0.717, 1.165) is 21.5 Å². The van der Waals surface area contributed by atoms with Crippen LogP contribution in [0.4, 0.5) is 0 Å². The maximum atomic E-state index is 12.1. The summed E-state index contributed by atoms with van der Waals surface area (Å²) in [6.45, 7) is 0. The van der Waals surface area contributed by atoms with Crippen LogP contribution in [0.1, 0.15) is 5.69 Å². The van der Waals surface area contributed by atoms with Crippen molar-refractivity contribution in [2.45, 2.75) is 4.90 Å². The monoisotopic (exact) mass is 280 g/mol. The molecule has 0 aliphatic heterocycles. The lowest BCUT2D eigenvalue weighted by Crippen LogP contribution is -1.87. The molecule has 1 unspecified atom stereocenters. The summed E-state index contributed by atoms with van der Waals surface area (Å²) in [5.74, 6) is 0. The highest BCUT2D eigenvalue weighted by Crippen LogP contribution is 2.13. The molecule has 0 N–H and O–H groups in total. The van der Waals surface area contributed by atoms with E-state index < -0.39 is 10.8 Å². The summed E-state index contributed by atoms with van der Waals surface area (Å²) in [6, 6.07) is 15.3. The van der Waals surface area contributed by atoms with E-state index in [-0.39, 0.29) is 0 Å². The highest BCUT2D eigenvalue weighted by Gasteiger charge is 1.99. The highest BCUT2D eigenvalue weighted by molar-refractivity contribution is 7.88. The number of benzene rings is 1. The first-order valence-electron chi connectivity index (χ1n) is 6.17. The van der Waals surface area contributed by atoms with Gasteiger partial charge in [0.2, 0.25) is 0 Å². The summed E-state index contributed by atoms with van der Waals surface area (Å²) in [6.07, 6.45) is 5.05. The Morgan fingerprint density at radius 3 is 2.60 bits per heavy atom. The second-order valence-corrected chi connectivity index (χ2v) is 5.55. The zero-order valence-electron chi connectivity index (χ0n) is 10.6. The van der Waals surface area contributed by atoms with Gasteiger partial charge in [-0.25, -0.2) is 9.19 Å². The maximum Gasteiger partial charge on any atom is 0.0777 e. The van der Waals surface area contributed by atoms with E-state index in [1.165, 1.54) is 0 Å². The van der Waals surface area contributed by atoms with Crippen molar-refractivity contribution < 1.29 is 4.21 Å². The van der Waals surface area contributed by atoms with Crippen LogP contribution in [0.25, 0.3) is 17.0 Å². The molecular formula is C16H12N2OS. The second-order valence-electron chi connectivity index (χ2n) is 4.21. The molecule has 0 spiro atoms. The van der Waals surface area contributed by atoms with Crippen LogP contribution in [0.15, 0.2) is 71.2 Å². The van der Waals surface area contributed by atoms with E-state index >= 15 is 0 Å². The molecule has 3 nitrogen and oxygen atoms in total. The largest absolute Gasteiger partial charge is 0.265 e. The van der Waals surface area contributed by atoms with Gasteiger partial charge in [0.15, 0.2) is 0 Å². The summed E-state index contributed by atoms with van der Waals surface area (Å²) in [5, 5.41) is 2.74. The molecule has 0 bridgehead atoms. The summed E-state index contributed by atoms with van der Waals surface area (Å²) >= 11 is 0. The molecule has 0 radical (unpaired) electrons. The molecule has 2 aromatic heterocycles. The number of nitrogens with zero attached hydrogens (tertiary/aromatic N) is 2. The van der Waals surface area contributed by atoms with Gasteiger partial charge in [-0.2, -0.15) is 0 Å². The molecule has 0 amide bonds. The van der Waals surface area contributed by atoms with Gasteiger partial charge in [-0.05, 0) is 30.3 Å². The summed E-state index contributed by atoms with van der Waals surface area (Å²) in [7, 11) is -1.18. The predicted molar refractivity (Wildman–Crippen MR) is 81.4 cm³/mol. The van der Waals surface area contributed by atoms with E-state index in [2.05, 4.69) is 9.97 Å². The van der Waals surface area contributed by atoms with Crippen molar-refractivity contribution in [3.05, 3.63) is 72.0 Å². The summed E-state index contributed by atoms with van der Waals surface area (Å²) < 4.78 is 12.1. The Balaban J connectivity index is 1.85. The average molecular weight is 280 g/mol. The average Bonchev–Trinajstić information content (AvgIpc) is 2.53. The Morgan fingerprint density at radius 1 is 0.950 bits per heavy atom. The van der Waals surface area contributed by atoms with Crippen molar-refractivity contribution >= 4 is 27.8 Å². The normalized spacial score (nSPS) is 12.8.